The summed E-state index contributed by atoms with van der Waals surface area (Å²) in [5.74, 6) is -0.427. The van der Waals surface area contributed by atoms with Crippen LogP contribution in [0.15, 0.2) is 47.2 Å². The minimum atomic E-state index is -0.918. The van der Waals surface area contributed by atoms with Gasteiger partial charge in [0.2, 0.25) is 0 Å². The van der Waals surface area contributed by atoms with Gasteiger partial charge in [-0.1, -0.05) is 70.4 Å². The van der Waals surface area contributed by atoms with Crippen molar-refractivity contribution in [2.75, 3.05) is 0 Å². The smallest absolute Gasteiger partial charge is 0.429 e. The van der Waals surface area contributed by atoms with Gasteiger partial charge in [-0.25, -0.2) is 9.59 Å². The van der Waals surface area contributed by atoms with Gasteiger partial charge in [-0.3, -0.25) is 4.79 Å². The number of esters is 2. The maximum atomic E-state index is 13.6. The number of carbonyl (C=O) groups is 3. The Labute approximate surface area is 286 Å². The van der Waals surface area contributed by atoms with Gasteiger partial charge in [0.1, 0.15) is 29.0 Å². The van der Waals surface area contributed by atoms with Crippen molar-refractivity contribution in [2.45, 2.75) is 140 Å². The van der Waals surface area contributed by atoms with E-state index in [2.05, 4.69) is 20.8 Å². The van der Waals surface area contributed by atoms with Gasteiger partial charge >= 0.3 is 18.1 Å². The fraction of sp³-hybridized carbons (Fsp3) is 0.667. The molecule has 0 bridgehead atoms. The summed E-state index contributed by atoms with van der Waals surface area (Å²) in [6.07, 6.45) is 4.04. The molecule has 4 aliphatic carbocycles. The van der Waals surface area contributed by atoms with Gasteiger partial charge in [-0.05, 0) is 64.7 Å². The first-order chi connectivity index (χ1) is 23.3. The van der Waals surface area contributed by atoms with Gasteiger partial charge < -0.3 is 33.2 Å². The number of benzene rings is 1. The molecule has 0 unspecified atom stereocenters. The molecule has 4 aliphatic heterocycles. The summed E-state index contributed by atoms with van der Waals surface area (Å²) >= 11 is 0. The van der Waals surface area contributed by atoms with Crippen molar-refractivity contribution in [1.29, 1.82) is 0 Å². The van der Waals surface area contributed by atoms with E-state index in [0.29, 0.717) is 36.2 Å². The first-order valence-electron chi connectivity index (χ1n) is 18.2. The molecule has 10 nitrogen and oxygen atoms in total. The third kappa shape index (κ3) is 4.14. The van der Waals surface area contributed by atoms with Gasteiger partial charge in [0, 0.05) is 22.1 Å². The molecular weight excluding hydrogens is 628 g/mol. The van der Waals surface area contributed by atoms with E-state index in [-0.39, 0.29) is 47.8 Å². The lowest BCUT2D eigenvalue weighted by Crippen LogP contribution is -2.70. The maximum absolute atomic E-state index is 13.6. The van der Waals surface area contributed by atoms with Crippen molar-refractivity contribution in [3.05, 3.63) is 52.8 Å². The minimum Gasteiger partial charge on any atom is -0.429 e. The number of hydrogen-bond donors (Lipinski definition) is 0. The summed E-state index contributed by atoms with van der Waals surface area (Å²) in [5, 5.41) is 0. The normalized spacial score (nSPS) is 42.3. The molecule has 3 saturated heterocycles. The van der Waals surface area contributed by atoms with Gasteiger partial charge in [0.15, 0.2) is 23.2 Å². The van der Waals surface area contributed by atoms with Crippen molar-refractivity contribution in [3.8, 4) is 0 Å². The Balaban J connectivity index is 1.13. The van der Waals surface area contributed by atoms with Crippen molar-refractivity contribution in [1.82, 2.24) is 0 Å². The molecule has 10 heteroatoms. The zero-order valence-corrected chi connectivity index (χ0v) is 29.2. The van der Waals surface area contributed by atoms with Crippen LogP contribution in [0.1, 0.15) is 98.5 Å². The summed E-state index contributed by atoms with van der Waals surface area (Å²) in [6.45, 7) is 11.8. The molecule has 8 aliphatic rings. The van der Waals surface area contributed by atoms with E-state index in [1.807, 2.05) is 51.1 Å². The molecule has 4 heterocycles. The lowest BCUT2D eigenvalue weighted by Gasteiger charge is -2.53. The van der Waals surface area contributed by atoms with Crippen LogP contribution >= 0.6 is 0 Å². The van der Waals surface area contributed by atoms with Crippen LogP contribution < -0.4 is 0 Å². The van der Waals surface area contributed by atoms with E-state index in [4.69, 9.17) is 33.2 Å². The fourth-order valence-corrected chi connectivity index (χ4v) is 10.7. The highest BCUT2D eigenvalue weighted by atomic mass is 16.8. The molecule has 49 heavy (non-hydrogen) atoms. The fourth-order valence-electron chi connectivity index (χ4n) is 10.7. The average Bonchev–Trinajstić information content (AvgIpc) is 3.98. The summed E-state index contributed by atoms with van der Waals surface area (Å²) in [5.41, 5.74) is -1.67. The van der Waals surface area contributed by atoms with E-state index < -0.39 is 46.0 Å². The molecule has 2 spiro atoms. The second-order valence-corrected chi connectivity index (χ2v) is 17.0. The molecule has 9 atom stereocenters. The molecule has 3 saturated carbocycles. The Hall–Kier alpha value is -3.21. The largest absolute Gasteiger partial charge is 0.509 e. The Kier molecular flexibility index (Phi) is 6.61. The summed E-state index contributed by atoms with van der Waals surface area (Å²) in [4.78, 5) is 40.6. The van der Waals surface area contributed by atoms with E-state index in [0.717, 1.165) is 37.7 Å². The Morgan fingerprint density at radius 3 is 2.41 bits per heavy atom. The molecule has 0 radical (unpaired) electrons. The molecule has 262 valence electrons. The average molecular weight is 675 g/mol. The van der Waals surface area contributed by atoms with Gasteiger partial charge in [0.05, 0.1) is 12.0 Å². The molecular formula is C39H46O10. The molecule has 1 aromatic carbocycles. The van der Waals surface area contributed by atoms with Crippen LogP contribution in [0.4, 0.5) is 4.79 Å². The summed E-state index contributed by atoms with van der Waals surface area (Å²) in [7, 11) is 0. The van der Waals surface area contributed by atoms with Crippen LogP contribution in [0.25, 0.3) is 5.76 Å². The number of cyclic esters (lactones) is 1. The first kappa shape index (κ1) is 31.7. The zero-order chi connectivity index (χ0) is 34.3. The third-order valence-corrected chi connectivity index (χ3v) is 13.0. The van der Waals surface area contributed by atoms with Gasteiger partial charge in [-0.2, -0.15) is 0 Å². The van der Waals surface area contributed by atoms with E-state index in [1.54, 1.807) is 0 Å². The standard InChI is InChI=1S/C39H46O10/c1-20(2)37-29(47-37)30-39(48-30)36(6)18-17-23-26(24(36)19-25-38(39,46-25)33(37)45-34(42)49-35(3,4)5)28(44-32(23)41)27(21-13-9-7-10-14-21)43-31(40)22-15-11-8-12-16-22/h7,9-10,13-14,20,22,24-25,29-30,33H,8,11-12,15-19H2,1-6H3/b28-27+/t24-,25-,29-,30-,33+,36-,37-,38+,39+/m0/s1. The summed E-state index contributed by atoms with van der Waals surface area (Å²) < 4.78 is 44.6. The lowest BCUT2D eigenvalue weighted by molar-refractivity contribution is -0.143. The number of hydrogen-bond acceptors (Lipinski definition) is 10. The van der Waals surface area contributed by atoms with Crippen LogP contribution in [0.2, 0.25) is 0 Å². The quantitative estimate of drug-likeness (QED) is 0.147. The Morgan fingerprint density at radius 1 is 0.980 bits per heavy atom. The number of allylic oxidation sites excluding steroid dienone is 1. The van der Waals surface area contributed by atoms with Gasteiger partial charge in [0.25, 0.3) is 0 Å². The van der Waals surface area contributed by atoms with Crippen LogP contribution in [0, 0.1) is 23.2 Å². The topological polar surface area (TPSA) is 126 Å². The van der Waals surface area contributed by atoms with E-state index in [9.17, 15) is 14.4 Å². The van der Waals surface area contributed by atoms with Crippen LogP contribution in [-0.4, -0.2) is 64.9 Å². The van der Waals surface area contributed by atoms with Crippen LogP contribution in [0.5, 0.6) is 0 Å². The predicted molar refractivity (Wildman–Crippen MR) is 173 cm³/mol. The number of ether oxygens (including phenoxy) is 7. The molecule has 0 aromatic heterocycles. The van der Waals surface area contributed by atoms with E-state index in [1.165, 1.54) is 0 Å². The molecule has 0 amide bonds. The van der Waals surface area contributed by atoms with E-state index >= 15 is 0 Å². The Morgan fingerprint density at radius 2 is 1.71 bits per heavy atom. The molecule has 1 aromatic rings. The predicted octanol–water partition coefficient (Wildman–Crippen LogP) is 6.55. The number of epoxide rings is 3. The highest BCUT2D eigenvalue weighted by Crippen LogP contribution is 2.83. The molecule has 6 fully saturated rings. The number of fused-ring (bicyclic) bond motifs is 4. The maximum Gasteiger partial charge on any atom is 0.509 e. The second kappa shape index (κ2) is 10.2. The van der Waals surface area contributed by atoms with Gasteiger partial charge in [-0.15, -0.1) is 0 Å². The number of carbonyl (C=O) groups excluding carboxylic acids is 3. The van der Waals surface area contributed by atoms with Crippen molar-refractivity contribution in [3.63, 3.8) is 0 Å². The van der Waals surface area contributed by atoms with Crippen molar-refractivity contribution in [2.24, 2.45) is 23.2 Å². The highest BCUT2D eigenvalue weighted by molar-refractivity contribution is 5.97. The second-order valence-electron chi connectivity index (χ2n) is 17.0. The highest BCUT2D eigenvalue weighted by Gasteiger charge is 3.01. The Bertz CT molecular complexity index is 1700. The molecule has 0 N–H and O–H groups in total. The zero-order valence-electron chi connectivity index (χ0n) is 29.2. The van der Waals surface area contributed by atoms with Crippen molar-refractivity contribution < 1.29 is 47.5 Å². The molecule has 9 rings (SSSR count). The minimum absolute atomic E-state index is 0.0280. The number of rotatable bonds is 5. The van der Waals surface area contributed by atoms with Crippen LogP contribution in [0.3, 0.4) is 0 Å². The summed E-state index contributed by atoms with van der Waals surface area (Å²) in [6, 6.07) is 9.45. The van der Waals surface area contributed by atoms with Crippen molar-refractivity contribution >= 4 is 23.9 Å². The lowest BCUT2D eigenvalue weighted by atomic mass is 9.46. The SMILES string of the molecule is CC(C)[C@]12O[C@H]1[C@@H]1O[C@]13[C@]1(O[C@H]1C[C@H]1C4=C(CC[C@@]13C)C(=O)O/C4=C(/OC(=O)C1CCCCC1)c1ccccc1)[C@@H]2OC(=O)OC(C)(C)C. The first-order valence-corrected chi connectivity index (χ1v) is 18.2. The third-order valence-electron chi connectivity index (χ3n) is 13.0. The monoisotopic (exact) mass is 674 g/mol. The van der Waals surface area contributed by atoms with Crippen LogP contribution in [-0.2, 0) is 42.7 Å².